The lowest BCUT2D eigenvalue weighted by Crippen LogP contribution is -2.61. The molecule has 1 N–H and O–H groups in total. The Balaban J connectivity index is 1.05. The summed E-state index contributed by atoms with van der Waals surface area (Å²) in [4.78, 5) is 31.8. The van der Waals surface area contributed by atoms with Crippen LogP contribution in [0.15, 0.2) is 42.5 Å². The zero-order chi connectivity index (χ0) is 31.2. The maximum atomic E-state index is 14.0. The Kier molecular flexibility index (Phi) is 8.38. The molecule has 4 aliphatic rings. The van der Waals surface area contributed by atoms with Crippen LogP contribution < -0.4 is 4.90 Å². The van der Waals surface area contributed by atoms with E-state index in [-0.39, 0.29) is 35.4 Å². The molecule has 0 bridgehead atoms. The van der Waals surface area contributed by atoms with Crippen molar-refractivity contribution in [2.75, 3.05) is 44.2 Å². The van der Waals surface area contributed by atoms with Crippen molar-refractivity contribution in [2.24, 2.45) is 5.92 Å². The van der Waals surface area contributed by atoms with Gasteiger partial charge >= 0.3 is 12.1 Å². The van der Waals surface area contributed by atoms with Crippen molar-refractivity contribution in [2.45, 2.75) is 75.2 Å². The summed E-state index contributed by atoms with van der Waals surface area (Å²) in [5.41, 5.74) is -0.430. The molecule has 11 heteroatoms. The number of carboxylic acid groups (broad SMARTS) is 1. The van der Waals surface area contributed by atoms with E-state index in [2.05, 4.69) is 16.7 Å². The smallest absolute Gasteiger partial charge is 0.416 e. The molecule has 3 heterocycles. The van der Waals surface area contributed by atoms with E-state index in [4.69, 9.17) is 4.74 Å². The summed E-state index contributed by atoms with van der Waals surface area (Å²) in [5, 5.41) is 9.33. The van der Waals surface area contributed by atoms with Crippen LogP contribution in [0.25, 0.3) is 0 Å². The molecule has 1 amide bonds. The fourth-order valence-electron chi connectivity index (χ4n) is 7.49. The first-order chi connectivity index (χ1) is 21.0. The van der Waals surface area contributed by atoms with Gasteiger partial charge in [-0.25, -0.2) is 9.18 Å². The van der Waals surface area contributed by atoms with Crippen LogP contribution in [-0.4, -0.2) is 83.8 Å². The van der Waals surface area contributed by atoms with Crippen LogP contribution in [0.3, 0.4) is 0 Å². The van der Waals surface area contributed by atoms with Gasteiger partial charge < -0.3 is 19.6 Å². The van der Waals surface area contributed by atoms with Gasteiger partial charge in [-0.15, -0.1) is 0 Å². The number of nitrogens with zero attached hydrogens (tertiary/aromatic N) is 3. The second kappa shape index (κ2) is 12.0. The van der Waals surface area contributed by atoms with Crippen molar-refractivity contribution in [3.63, 3.8) is 0 Å². The number of anilines is 1. The molecule has 2 aromatic rings. The second-order valence-corrected chi connectivity index (χ2v) is 12.9. The first-order valence-corrected chi connectivity index (χ1v) is 15.6. The number of hydrogen-bond donors (Lipinski definition) is 1. The van der Waals surface area contributed by atoms with Crippen LogP contribution in [0.5, 0.6) is 0 Å². The van der Waals surface area contributed by atoms with E-state index in [1.165, 1.54) is 24.3 Å². The van der Waals surface area contributed by atoms with Crippen LogP contribution in [0.1, 0.15) is 72.9 Å². The fourth-order valence-corrected chi connectivity index (χ4v) is 7.49. The van der Waals surface area contributed by atoms with Crippen LogP contribution in [0, 0.1) is 11.7 Å². The first kappa shape index (κ1) is 30.8. The van der Waals surface area contributed by atoms with Crippen molar-refractivity contribution < 1.29 is 37.0 Å². The highest BCUT2D eigenvalue weighted by Crippen LogP contribution is 2.48. The normalized spacial score (nSPS) is 27.4. The number of piperidine rings is 1. The van der Waals surface area contributed by atoms with E-state index in [1.807, 2.05) is 4.90 Å². The summed E-state index contributed by atoms with van der Waals surface area (Å²) < 4.78 is 60.2. The van der Waals surface area contributed by atoms with E-state index in [1.54, 1.807) is 12.1 Å². The SMILES string of the molecule is C[C@H]1CN([C@@H]2CC[C@@](C(=O)N3CCC(c4cccc(C(F)(F)F)c4)CC3)(C3CC3)OC2)CCN1c1ccc(F)c(C(=O)O)c1. The van der Waals surface area contributed by atoms with E-state index in [0.29, 0.717) is 56.8 Å². The molecule has 1 aliphatic carbocycles. The highest BCUT2D eigenvalue weighted by atomic mass is 19.4. The molecular weight excluding hydrogens is 578 g/mol. The second-order valence-electron chi connectivity index (χ2n) is 12.9. The summed E-state index contributed by atoms with van der Waals surface area (Å²) in [6.07, 6.45) is 0.269. The lowest BCUT2D eigenvalue weighted by molar-refractivity contribution is -0.176. The molecule has 2 aromatic carbocycles. The van der Waals surface area contributed by atoms with Crippen LogP contribution >= 0.6 is 0 Å². The minimum Gasteiger partial charge on any atom is -0.478 e. The van der Waals surface area contributed by atoms with Gasteiger partial charge in [-0.05, 0) is 87.1 Å². The molecule has 1 saturated carbocycles. The molecular formula is C33H39F4N3O4. The third-order valence-electron chi connectivity index (χ3n) is 10.1. The minimum absolute atomic E-state index is 0.0128. The predicted molar refractivity (Wildman–Crippen MR) is 156 cm³/mol. The number of halogens is 4. The number of aromatic carboxylic acids is 1. The Morgan fingerprint density at radius 2 is 1.73 bits per heavy atom. The highest BCUT2D eigenvalue weighted by molar-refractivity contribution is 5.89. The zero-order valence-corrected chi connectivity index (χ0v) is 24.9. The summed E-state index contributed by atoms with van der Waals surface area (Å²) in [6.45, 7) is 5.68. The fraction of sp³-hybridized carbons (Fsp3) is 0.576. The number of alkyl halides is 3. The van der Waals surface area contributed by atoms with Gasteiger partial charge in [-0.2, -0.15) is 13.2 Å². The Bertz CT molecular complexity index is 1380. The Morgan fingerprint density at radius 3 is 2.34 bits per heavy atom. The van der Waals surface area contributed by atoms with Crippen molar-refractivity contribution in [3.8, 4) is 0 Å². The molecule has 44 heavy (non-hydrogen) atoms. The Hall–Kier alpha value is -3.18. The molecule has 0 aromatic heterocycles. The van der Waals surface area contributed by atoms with E-state index >= 15 is 0 Å². The van der Waals surface area contributed by atoms with Gasteiger partial charge in [-0.3, -0.25) is 9.69 Å². The molecule has 4 fully saturated rings. The van der Waals surface area contributed by atoms with Crippen LogP contribution in [0.4, 0.5) is 23.2 Å². The zero-order valence-electron chi connectivity index (χ0n) is 24.9. The molecule has 0 spiro atoms. The third-order valence-corrected chi connectivity index (χ3v) is 10.1. The van der Waals surface area contributed by atoms with Gasteiger partial charge in [0, 0.05) is 50.5 Å². The monoisotopic (exact) mass is 617 g/mol. The van der Waals surface area contributed by atoms with Gasteiger partial charge in [0.25, 0.3) is 5.91 Å². The lowest BCUT2D eigenvalue weighted by atomic mass is 9.83. The molecule has 7 nitrogen and oxygen atoms in total. The molecule has 3 saturated heterocycles. The number of benzene rings is 2. The van der Waals surface area contributed by atoms with E-state index in [9.17, 15) is 32.3 Å². The quantitative estimate of drug-likeness (QED) is 0.414. The molecule has 238 valence electrons. The van der Waals surface area contributed by atoms with Gasteiger partial charge in [0.2, 0.25) is 0 Å². The molecule has 3 aliphatic heterocycles. The number of amides is 1. The number of likely N-dealkylation sites (tertiary alicyclic amines) is 1. The predicted octanol–water partition coefficient (Wildman–Crippen LogP) is 5.79. The van der Waals surface area contributed by atoms with Gasteiger partial charge in [-0.1, -0.05) is 18.2 Å². The van der Waals surface area contributed by atoms with Crippen molar-refractivity contribution in [1.82, 2.24) is 9.80 Å². The maximum Gasteiger partial charge on any atom is 0.416 e. The lowest BCUT2D eigenvalue weighted by Gasteiger charge is -2.49. The Labute approximate surface area is 254 Å². The highest BCUT2D eigenvalue weighted by Gasteiger charge is 2.56. The summed E-state index contributed by atoms with van der Waals surface area (Å²) in [6, 6.07) is 10.0. The largest absolute Gasteiger partial charge is 0.478 e. The minimum atomic E-state index is -4.38. The number of rotatable bonds is 6. The number of carbonyl (C=O) groups excluding carboxylic acids is 1. The van der Waals surface area contributed by atoms with Gasteiger partial charge in [0.15, 0.2) is 0 Å². The number of carboxylic acids is 1. The molecule has 0 radical (unpaired) electrons. The van der Waals surface area contributed by atoms with Gasteiger partial charge in [0.1, 0.15) is 11.4 Å². The molecule has 0 unspecified atom stereocenters. The molecule has 3 atom stereocenters. The number of ether oxygens (including phenoxy) is 1. The van der Waals surface area contributed by atoms with Crippen LogP contribution in [0.2, 0.25) is 0 Å². The maximum absolute atomic E-state index is 14.0. The van der Waals surface area contributed by atoms with E-state index in [0.717, 1.165) is 38.4 Å². The average Bonchev–Trinajstić information content (AvgIpc) is 3.87. The van der Waals surface area contributed by atoms with Crippen LogP contribution in [-0.2, 0) is 15.7 Å². The number of hydrogen-bond acceptors (Lipinski definition) is 5. The summed E-state index contributed by atoms with van der Waals surface area (Å²) >= 11 is 0. The average molecular weight is 618 g/mol. The van der Waals surface area contributed by atoms with Crippen molar-refractivity contribution in [3.05, 3.63) is 65.0 Å². The van der Waals surface area contributed by atoms with Gasteiger partial charge in [0.05, 0.1) is 17.7 Å². The molecule has 6 rings (SSSR count). The summed E-state index contributed by atoms with van der Waals surface area (Å²) in [7, 11) is 0. The first-order valence-electron chi connectivity index (χ1n) is 15.6. The number of piperazine rings is 1. The van der Waals surface area contributed by atoms with E-state index < -0.39 is 29.1 Å². The summed E-state index contributed by atoms with van der Waals surface area (Å²) in [5.74, 6) is -1.81. The number of carbonyl (C=O) groups is 2. The van der Waals surface area contributed by atoms with Crippen molar-refractivity contribution >= 4 is 17.6 Å². The third kappa shape index (κ3) is 6.05. The van der Waals surface area contributed by atoms with Crippen molar-refractivity contribution in [1.29, 1.82) is 0 Å². The standard InChI is InChI=1S/C33H39F4N3O4/c1-21-19-39(15-16-40(21)26-7-8-29(34)28(18-26)30(41)42)27-9-12-32(44-20-27,24-5-6-24)31(43)38-13-10-22(11-14-38)23-3-2-4-25(17-23)33(35,36)37/h2-4,7-8,17-18,21-22,24,27H,5-6,9-16,19-20H2,1H3,(H,41,42)/t21-,27+,32-/m0/s1. The Morgan fingerprint density at radius 1 is 0.977 bits per heavy atom. The topological polar surface area (TPSA) is 73.3 Å².